The van der Waals surface area contributed by atoms with Crippen molar-refractivity contribution < 1.29 is 4.79 Å². The second-order valence-corrected chi connectivity index (χ2v) is 5.84. The maximum absolute atomic E-state index is 12.3. The zero-order chi connectivity index (χ0) is 15.0. The summed E-state index contributed by atoms with van der Waals surface area (Å²) in [4.78, 5) is 16.5. The molecule has 1 amide bonds. The minimum absolute atomic E-state index is 0.216. The molecule has 1 saturated heterocycles. The summed E-state index contributed by atoms with van der Waals surface area (Å²) < 4.78 is 0. The number of hydrogen-bond acceptors (Lipinski definition) is 3. The van der Waals surface area contributed by atoms with Gasteiger partial charge in [0.2, 0.25) is 5.91 Å². The third-order valence-corrected chi connectivity index (χ3v) is 3.89. The SMILES string of the molecule is C=C(C)CN(CC)C(=O)CN(CC)CC1CCCCN1. The molecule has 0 radical (unpaired) electrons. The van der Waals surface area contributed by atoms with Crippen molar-refractivity contribution in [2.24, 2.45) is 0 Å². The summed E-state index contributed by atoms with van der Waals surface area (Å²) in [5, 5.41) is 3.55. The molecule has 1 heterocycles. The summed E-state index contributed by atoms with van der Waals surface area (Å²) in [5.41, 5.74) is 1.04. The van der Waals surface area contributed by atoms with E-state index < -0.39 is 0 Å². The van der Waals surface area contributed by atoms with E-state index in [0.29, 0.717) is 19.1 Å². The van der Waals surface area contributed by atoms with Crippen LogP contribution in [0.1, 0.15) is 40.0 Å². The highest BCUT2D eigenvalue weighted by Crippen LogP contribution is 2.09. The maximum atomic E-state index is 12.3. The van der Waals surface area contributed by atoms with E-state index in [1.807, 2.05) is 18.7 Å². The van der Waals surface area contributed by atoms with Crippen LogP contribution < -0.4 is 5.32 Å². The number of hydrogen-bond donors (Lipinski definition) is 1. The highest BCUT2D eigenvalue weighted by atomic mass is 16.2. The molecule has 0 spiro atoms. The molecule has 20 heavy (non-hydrogen) atoms. The Hall–Kier alpha value is -0.870. The lowest BCUT2D eigenvalue weighted by Crippen LogP contribution is -2.47. The highest BCUT2D eigenvalue weighted by molar-refractivity contribution is 5.78. The number of piperidine rings is 1. The predicted octanol–water partition coefficient (Wildman–Crippen LogP) is 1.87. The van der Waals surface area contributed by atoms with Crippen molar-refractivity contribution in [3.05, 3.63) is 12.2 Å². The lowest BCUT2D eigenvalue weighted by molar-refractivity contribution is -0.131. The Kier molecular flexibility index (Phi) is 7.85. The zero-order valence-electron chi connectivity index (χ0n) is 13.5. The minimum atomic E-state index is 0.216. The molecule has 116 valence electrons. The van der Waals surface area contributed by atoms with Crippen LogP contribution in [0.4, 0.5) is 0 Å². The Labute approximate surface area is 124 Å². The van der Waals surface area contributed by atoms with Gasteiger partial charge in [0.1, 0.15) is 0 Å². The molecular weight excluding hydrogens is 250 g/mol. The largest absolute Gasteiger partial charge is 0.338 e. The molecule has 0 aliphatic carbocycles. The number of carbonyl (C=O) groups is 1. The van der Waals surface area contributed by atoms with Gasteiger partial charge in [-0.2, -0.15) is 0 Å². The van der Waals surface area contributed by atoms with Gasteiger partial charge in [-0.05, 0) is 39.8 Å². The van der Waals surface area contributed by atoms with Gasteiger partial charge >= 0.3 is 0 Å². The summed E-state index contributed by atoms with van der Waals surface area (Å²) in [6.07, 6.45) is 3.82. The Morgan fingerprint density at radius 3 is 2.50 bits per heavy atom. The number of nitrogens with zero attached hydrogens (tertiary/aromatic N) is 2. The van der Waals surface area contributed by atoms with Crippen LogP contribution in [0.15, 0.2) is 12.2 Å². The van der Waals surface area contributed by atoms with Gasteiger partial charge in [-0.1, -0.05) is 25.5 Å². The molecule has 1 atom stereocenters. The van der Waals surface area contributed by atoms with Crippen molar-refractivity contribution >= 4 is 5.91 Å². The second kappa shape index (κ2) is 9.14. The monoisotopic (exact) mass is 281 g/mol. The van der Waals surface area contributed by atoms with E-state index in [-0.39, 0.29) is 5.91 Å². The molecule has 1 rings (SSSR count). The zero-order valence-corrected chi connectivity index (χ0v) is 13.5. The van der Waals surface area contributed by atoms with Crippen LogP contribution in [-0.2, 0) is 4.79 Å². The van der Waals surface area contributed by atoms with Gasteiger partial charge < -0.3 is 10.2 Å². The highest BCUT2D eigenvalue weighted by Gasteiger charge is 2.19. The van der Waals surface area contributed by atoms with Gasteiger partial charge in [-0.25, -0.2) is 0 Å². The molecule has 0 aromatic heterocycles. The molecule has 1 aliphatic heterocycles. The number of likely N-dealkylation sites (N-methyl/N-ethyl adjacent to an activating group) is 2. The molecule has 1 fully saturated rings. The fourth-order valence-electron chi connectivity index (χ4n) is 2.69. The summed E-state index contributed by atoms with van der Waals surface area (Å²) in [6, 6.07) is 0.549. The lowest BCUT2D eigenvalue weighted by atomic mass is 10.0. The smallest absolute Gasteiger partial charge is 0.237 e. The van der Waals surface area contributed by atoms with Crippen LogP contribution in [0.5, 0.6) is 0 Å². The van der Waals surface area contributed by atoms with Crippen molar-refractivity contribution in [3.63, 3.8) is 0 Å². The molecular formula is C16H31N3O. The predicted molar refractivity (Wildman–Crippen MR) is 84.8 cm³/mol. The summed E-state index contributed by atoms with van der Waals surface area (Å²) in [5.74, 6) is 0.216. The van der Waals surface area contributed by atoms with Crippen molar-refractivity contribution in [2.75, 3.05) is 39.3 Å². The van der Waals surface area contributed by atoms with Gasteiger partial charge in [0.05, 0.1) is 6.54 Å². The number of carbonyl (C=O) groups excluding carboxylic acids is 1. The van der Waals surface area contributed by atoms with Crippen molar-refractivity contribution in [1.82, 2.24) is 15.1 Å². The molecule has 1 aliphatic rings. The standard InChI is InChI=1S/C16H31N3O/c1-5-18(12-15-9-7-8-10-17-15)13-16(20)19(6-2)11-14(3)4/h15,17H,3,5-13H2,1-2,4H3. The Morgan fingerprint density at radius 1 is 1.25 bits per heavy atom. The van der Waals surface area contributed by atoms with Gasteiger partial charge in [0.15, 0.2) is 0 Å². The van der Waals surface area contributed by atoms with Gasteiger partial charge in [0.25, 0.3) is 0 Å². The molecule has 4 heteroatoms. The molecule has 0 saturated carbocycles. The molecule has 4 nitrogen and oxygen atoms in total. The molecule has 1 unspecified atom stereocenters. The van der Waals surface area contributed by atoms with Gasteiger partial charge in [0, 0.05) is 25.7 Å². The molecule has 1 N–H and O–H groups in total. The summed E-state index contributed by atoms with van der Waals surface area (Å²) in [6.45, 7) is 15.0. The minimum Gasteiger partial charge on any atom is -0.338 e. The van der Waals surface area contributed by atoms with Gasteiger partial charge in [-0.3, -0.25) is 9.69 Å². The first-order valence-corrected chi connectivity index (χ1v) is 7.94. The van der Waals surface area contributed by atoms with Crippen molar-refractivity contribution in [3.8, 4) is 0 Å². The topological polar surface area (TPSA) is 35.6 Å². The number of nitrogens with one attached hydrogen (secondary N) is 1. The third-order valence-electron chi connectivity index (χ3n) is 3.89. The van der Waals surface area contributed by atoms with E-state index in [0.717, 1.165) is 31.8 Å². The van der Waals surface area contributed by atoms with Crippen LogP contribution in [0.25, 0.3) is 0 Å². The molecule has 0 aromatic carbocycles. The fourth-order valence-corrected chi connectivity index (χ4v) is 2.69. The quantitative estimate of drug-likeness (QED) is 0.690. The number of rotatable bonds is 8. The van der Waals surface area contributed by atoms with E-state index in [4.69, 9.17) is 0 Å². The van der Waals surface area contributed by atoms with E-state index in [2.05, 4.69) is 23.7 Å². The number of amides is 1. The Bertz CT molecular complexity index is 311. The van der Waals surface area contributed by atoms with Crippen LogP contribution in [0.3, 0.4) is 0 Å². The molecule has 0 aromatic rings. The van der Waals surface area contributed by atoms with E-state index in [9.17, 15) is 4.79 Å². The van der Waals surface area contributed by atoms with Crippen LogP contribution in [-0.4, -0.2) is 61.0 Å². The van der Waals surface area contributed by atoms with Crippen LogP contribution >= 0.6 is 0 Å². The average Bonchev–Trinajstić information content (AvgIpc) is 2.44. The lowest BCUT2D eigenvalue weighted by Gasteiger charge is -2.31. The van der Waals surface area contributed by atoms with Crippen molar-refractivity contribution in [1.29, 1.82) is 0 Å². The first kappa shape index (κ1) is 17.2. The van der Waals surface area contributed by atoms with E-state index in [1.165, 1.54) is 19.3 Å². The van der Waals surface area contributed by atoms with Crippen molar-refractivity contribution in [2.45, 2.75) is 46.1 Å². The van der Waals surface area contributed by atoms with E-state index >= 15 is 0 Å². The summed E-state index contributed by atoms with van der Waals surface area (Å²) >= 11 is 0. The normalized spacial score (nSPS) is 19.1. The van der Waals surface area contributed by atoms with Crippen LogP contribution in [0, 0.1) is 0 Å². The Morgan fingerprint density at radius 2 is 2.00 bits per heavy atom. The fraction of sp³-hybridized carbons (Fsp3) is 0.812. The average molecular weight is 281 g/mol. The van der Waals surface area contributed by atoms with Crippen LogP contribution in [0.2, 0.25) is 0 Å². The maximum Gasteiger partial charge on any atom is 0.237 e. The first-order chi connectivity index (χ1) is 9.56. The molecule has 0 bridgehead atoms. The first-order valence-electron chi connectivity index (χ1n) is 7.94. The third kappa shape index (κ3) is 6.06. The summed E-state index contributed by atoms with van der Waals surface area (Å²) in [7, 11) is 0. The van der Waals surface area contributed by atoms with E-state index in [1.54, 1.807) is 0 Å². The second-order valence-electron chi connectivity index (χ2n) is 5.84. The van der Waals surface area contributed by atoms with Gasteiger partial charge in [-0.15, -0.1) is 0 Å². The Balaban J connectivity index is 2.44.